The smallest absolute Gasteiger partial charge is 0.255 e. The molecule has 0 unspecified atom stereocenters. The van der Waals surface area contributed by atoms with Gasteiger partial charge in [-0.3, -0.25) is 4.79 Å². The molecule has 0 aliphatic rings. The van der Waals surface area contributed by atoms with Crippen LogP contribution in [-0.4, -0.2) is 49.2 Å². The molecule has 0 radical (unpaired) electrons. The zero-order chi connectivity index (χ0) is 14.6. The number of amides is 1. The Labute approximate surface area is 114 Å². The Bertz CT molecular complexity index is 456. The Morgan fingerprint density at radius 3 is 2.58 bits per heavy atom. The van der Waals surface area contributed by atoms with Gasteiger partial charge in [-0.25, -0.2) is 0 Å². The molecule has 5 nitrogen and oxygen atoms in total. The molecule has 1 rings (SSSR count). The normalized spacial score (nSPS) is 11.5. The van der Waals surface area contributed by atoms with E-state index in [0.29, 0.717) is 12.3 Å². The number of aromatic hydroxyl groups is 1. The monoisotopic (exact) mass is 266 g/mol. The van der Waals surface area contributed by atoms with Gasteiger partial charge in [-0.2, -0.15) is 0 Å². The summed E-state index contributed by atoms with van der Waals surface area (Å²) in [5.41, 5.74) is 0.0540. The van der Waals surface area contributed by atoms with Gasteiger partial charge in [-0.05, 0) is 40.1 Å². The number of benzene rings is 1. The van der Waals surface area contributed by atoms with Crippen molar-refractivity contribution in [2.75, 3.05) is 27.7 Å². The van der Waals surface area contributed by atoms with E-state index in [-0.39, 0.29) is 22.8 Å². The Hall–Kier alpha value is -1.75. The zero-order valence-electron chi connectivity index (χ0n) is 12.2. The highest BCUT2D eigenvalue weighted by Gasteiger charge is 2.22. The highest BCUT2D eigenvalue weighted by molar-refractivity contribution is 5.97. The maximum absolute atomic E-state index is 12.1. The Balaban J connectivity index is 2.80. The second kappa shape index (κ2) is 5.93. The second-order valence-electron chi connectivity index (χ2n) is 5.25. The number of nitrogens with zero attached hydrogens (tertiary/aromatic N) is 1. The predicted octanol–water partition coefficient (Wildman–Crippen LogP) is 1.47. The van der Waals surface area contributed by atoms with Crippen molar-refractivity contribution in [3.8, 4) is 11.5 Å². The van der Waals surface area contributed by atoms with Gasteiger partial charge in [-0.15, -0.1) is 0 Å². The number of phenolic OH excluding ortho intramolecular Hbond substituents is 1. The van der Waals surface area contributed by atoms with E-state index in [9.17, 15) is 9.90 Å². The highest BCUT2D eigenvalue weighted by Crippen LogP contribution is 2.29. The molecule has 0 heterocycles. The molecular formula is C14H22N2O3. The molecule has 19 heavy (non-hydrogen) atoms. The summed E-state index contributed by atoms with van der Waals surface area (Å²) in [5.74, 6) is -0.156. The summed E-state index contributed by atoms with van der Waals surface area (Å²) in [4.78, 5) is 14.1. The molecule has 0 aromatic heterocycles. The SMILES string of the molecule is COc1cccc(C(=O)NCC(C)(C)N(C)C)c1O. The molecule has 0 aliphatic heterocycles. The van der Waals surface area contributed by atoms with Crippen LogP contribution in [0.25, 0.3) is 0 Å². The summed E-state index contributed by atoms with van der Waals surface area (Å²) < 4.78 is 4.98. The van der Waals surface area contributed by atoms with Crippen LogP contribution >= 0.6 is 0 Å². The topological polar surface area (TPSA) is 61.8 Å². The molecule has 0 atom stereocenters. The van der Waals surface area contributed by atoms with E-state index in [4.69, 9.17) is 4.74 Å². The maximum atomic E-state index is 12.1. The molecule has 0 saturated carbocycles. The van der Waals surface area contributed by atoms with Gasteiger partial charge < -0.3 is 20.1 Å². The molecule has 1 aromatic carbocycles. The van der Waals surface area contributed by atoms with Crippen LogP contribution in [0.4, 0.5) is 0 Å². The summed E-state index contributed by atoms with van der Waals surface area (Å²) in [7, 11) is 5.36. The molecule has 0 aliphatic carbocycles. The molecule has 0 saturated heterocycles. The first-order chi connectivity index (χ1) is 8.79. The van der Waals surface area contributed by atoms with E-state index in [0.717, 1.165) is 0 Å². The van der Waals surface area contributed by atoms with Crippen LogP contribution in [0, 0.1) is 0 Å². The molecule has 1 amide bonds. The molecule has 0 spiro atoms. The lowest BCUT2D eigenvalue weighted by Crippen LogP contribution is -2.48. The standard InChI is InChI=1S/C14H22N2O3/c1-14(2,16(3)4)9-15-13(18)10-7-6-8-11(19-5)12(10)17/h6-8,17H,9H2,1-5H3,(H,15,18). The fraction of sp³-hybridized carbons (Fsp3) is 0.500. The summed E-state index contributed by atoms with van der Waals surface area (Å²) in [6.07, 6.45) is 0. The molecule has 0 bridgehead atoms. The van der Waals surface area contributed by atoms with Gasteiger partial charge in [0.2, 0.25) is 0 Å². The molecular weight excluding hydrogens is 244 g/mol. The van der Waals surface area contributed by atoms with E-state index in [1.54, 1.807) is 18.2 Å². The highest BCUT2D eigenvalue weighted by atomic mass is 16.5. The van der Waals surface area contributed by atoms with Crippen LogP contribution in [-0.2, 0) is 0 Å². The summed E-state index contributed by atoms with van der Waals surface area (Å²) in [5, 5.41) is 12.7. The van der Waals surface area contributed by atoms with Crippen molar-refractivity contribution in [1.82, 2.24) is 10.2 Å². The minimum Gasteiger partial charge on any atom is -0.504 e. The minimum absolute atomic E-state index is 0.134. The van der Waals surface area contributed by atoms with Gasteiger partial charge in [0, 0.05) is 12.1 Å². The van der Waals surface area contributed by atoms with Crippen molar-refractivity contribution in [1.29, 1.82) is 0 Å². The molecule has 106 valence electrons. The van der Waals surface area contributed by atoms with Crippen LogP contribution in [0.3, 0.4) is 0 Å². The maximum Gasteiger partial charge on any atom is 0.255 e. The summed E-state index contributed by atoms with van der Waals surface area (Å²) in [6, 6.07) is 4.84. The molecule has 0 fully saturated rings. The Morgan fingerprint density at radius 2 is 2.05 bits per heavy atom. The average Bonchev–Trinajstić information content (AvgIpc) is 2.36. The third kappa shape index (κ3) is 3.61. The molecule has 2 N–H and O–H groups in total. The lowest BCUT2D eigenvalue weighted by molar-refractivity contribution is 0.0916. The third-order valence-corrected chi connectivity index (χ3v) is 3.36. The molecule has 5 heteroatoms. The van der Waals surface area contributed by atoms with Crippen LogP contribution < -0.4 is 10.1 Å². The van der Waals surface area contributed by atoms with Crippen molar-refractivity contribution in [3.05, 3.63) is 23.8 Å². The number of ether oxygens (including phenoxy) is 1. The number of hydrogen-bond acceptors (Lipinski definition) is 4. The van der Waals surface area contributed by atoms with Gasteiger partial charge in [0.15, 0.2) is 11.5 Å². The van der Waals surface area contributed by atoms with Crippen molar-refractivity contribution in [3.63, 3.8) is 0 Å². The van der Waals surface area contributed by atoms with E-state index >= 15 is 0 Å². The van der Waals surface area contributed by atoms with Crippen LogP contribution in [0.1, 0.15) is 24.2 Å². The van der Waals surface area contributed by atoms with Gasteiger partial charge in [0.25, 0.3) is 5.91 Å². The average molecular weight is 266 g/mol. The van der Waals surface area contributed by atoms with Gasteiger partial charge in [-0.1, -0.05) is 6.07 Å². The van der Waals surface area contributed by atoms with Crippen molar-refractivity contribution in [2.45, 2.75) is 19.4 Å². The quantitative estimate of drug-likeness (QED) is 0.847. The van der Waals surface area contributed by atoms with Crippen molar-refractivity contribution in [2.24, 2.45) is 0 Å². The van der Waals surface area contributed by atoms with E-state index in [1.165, 1.54) is 7.11 Å². The van der Waals surface area contributed by atoms with Crippen LogP contribution in [0.5, 0.6) is 11.5 Å². The van der Waals surface area contributed by atoms with Crippen LogP contribution in [0.2, 0.25) is 0 Å². The first kappa shape index (κ1) is 15.3. The second-order valence-corrected chi connectivity index (χ2v) is 5.25. The van der Waals surface area contributed by atoms with Crippen molar-refractivity contribution >= 4 is 5.91 Å². The fourth-order valence-corrected chi connectivity index (χ4v) is 1.42. The number of carbonyl (C=O) groups excluding carboxylic acids is 1. The number of hydrogen-bond donors (Lipinski definition) is 2. The molecule has 1 aromatic rings. The first-order valence-electron chi connectivity index (χ1n) is 6.11. The predicted molar refractivity (Wildman–Crippen MR) is 74.8 cm³/mol. The number of phenols is 1. The van der Waals surface area contributed by atoms with E-state index in [1.807, 2.05) is 32.8 Å². The first-order valence-corrected chi connectivity index (χ1v) is 6.11. The van der Waals surface area contributed by atoms with Gasteiger partial charge >= 0.3 is 0 Å². The number of nitrogens with one attached hydrogen (secondary N) is 1. The Morgan fingerprint density at radius 1 is 1.42 bits per heavy atom. The van der Waals surface area contributed by atoms with Crippen molar-refractivity contribution < 1.29 is 14.6 Å². The van der Waals surface area contributed by atoms with Gasteiger partial charge in [0.1, 0.15) is 0 Å². The lowest BCUT2D eigenvalue weighted by Gasteiger charge is -2.32. The van der Waals surface area contributed by atoms with E-state index in [2.05, 4.69) is 5.32 Å². The largest absolute Gasteiger partial charge is 0.504 e. The summed E-state index contributed by atoms with van der Waals surface area (Å²) >= 11 is 0. The Kier molecular flexibility index (Phi) is 4.78. The number of carbonyl (C=O) groups is 1. The third-order valence-electron chi connectivity index (χ3n) is 3.36. The number of para-hydroxylation sites is 1. The zero-order valence-corrected chi connectivity index (χ0v) is 12.2. The number of likely N-dealkylation sites (N-methyl/N-ethyl adjacent to an activating group) is 1. The minimum atomic E-state index is -0.314. The number of rotatable bonds is 5. The summed E-state index contributed by atoms with van der Waals surface area (Å²) in [6.45, 7) is 4.53. The van der Waals surface area contributed by atoms with Gasteiger partial charge in [0.05, 0.1) is 12.7 Å². The van der Waals surface area contributed by atoms with Crippen LogP contribution in [0.15, 0.2) is 18.2 Å². The lowest BCUT2D eigenvalue weighted by atomic mass is 10.0. The number of methoxy groups -OCH3 is 1. The van der Waals surface area contributed by atoms with E-state index < -0.39 is 0 Å². The fourth-order valence-electron chi connectivity index (χ4n) is 1.42.